The largest absolute Gasteiger partial charge is 0.376 e. The standard InChI is InChI=1S/C28H32N4O3/c1-31(2)27(34)16-15-21-11-7-13-24(17-21)29-19-26(33)30-25-14-8-12-23(18-25)28(35)32(3)20-22-9-5-4-6-10-22/h4-14,17-18,29H,15-16,19-20H2,1-3H3,(H,30,33). The van der Waals surface area contributed by atoms with Crippen LogP contribution in [0.5, 0.6) is 0 Å². The third-order valence-corrected chi connectivity index (χ3v) is 5.51. The number of hydrogen-bond donors (Lipinski definition) is 2. The molecule has 0 fully saturated rings. The van der Waals surface area contributed by atoms with E-state index in [1.807, 2.05) is 54.6 Å². The third-order valence-electron chi connectivity index (χ3n) is 5.51. The Balaban J connectivity index is 1.52. The Bertz CT molecular complexity index is 1160. The number of amides is 3. The van der Waals surface area contributed by atoms with Crippen LogP contribution >= 0.6 is 0 Å². The van der Waals surface area contributed by atoms with Gasteiger partial charge in [-0.15, -0.1) is 0 Å². The first kappa shape index (κ1) is 25.5. The summed E-state index contributed by atoms with van der Waals surface area (Å²) >= 11 is 0. The zero-order valence-electron chi connectivity index (χ0n) is 20.5. The average molecular weight is 473 g/mol. The minimum absolute atomic E-state index is 0.0756. The molecule has 35 heavy (non-hydrogen) atoms. The fourth-order valence-corrected chi connectivity index (χ4v) is 3.58. The number of benzene rings is 3. The summed E-state index contributed by atoms with van der Waals surface area (Å²) in [6.45, 7) is 0.578. The van der Waals surface area contributed by atoms with Gasteiger partial charge in [-0.25, -0.2) is 0 Å². The van der Waals surface area contributed by atoms with Crippen LogP contribution in [0.2, 0.25) is 0 Å². The fourth-order valence-electron chi connectivity index (χ4n) is 3.58. The van der Waals surface area contributed by atoms with E-state index in [4.69, 9.17) is 0 Å². The van der Waals surface area contributed by atoms with Crippen LogP contribution in [0.25, 0.3) is 0 Å². The van der Waals surface area contributed by atoms with Crippen molar-refractivity contribution in [2.45, 2.75) is 19.4 Å². The summed E-state index contributed by atoms with van der Waals surface area (Å²) in [5.74, 6) is -0.261. The van der Waals surface area contributed by atoms with Gasteiger partial charge >= 0.3 is 0 Å². The molecule has 2 N–H and O–H groups in total. The number of aryl methyl sites for hydroxylation is 1. The Hall–Kier alpha value is -4.13. The Morgan fingerprint density at radius 1 is 0.771 bits per heavy atom. The molecule has 0 aromatic heterocycles. The topological polar surface area (TPSA) is 81.8 Å². The van der Waals surface area contributed by atoms with Crippen LogP contribution in [0.4, 0.5) is 11.4 Å². The molecule has 0 aliphatic heterocycles. The van der Waals surface area contributed by atoms with Gasteiger partial charge in [0.25, 0.3) is 5.91 Å². The smallest absolute Gasteiger partial charge is 0.253 e. The molecule has 0 aliphatic carbocycles. The van der Waals surface area contributed by atoms with Gasteiger partial charge in [-0.2, -0.15) is 0 Å². The van der Waals surface area contributed by atoms with E-state index in [2.05, 4.69) is 10.6 Å². The number of hydrogen-bond acceptors (Lipinski definition) is 4. The van der Waals surface area contributed by atoms with Crippen LogP contribution in [0, 0.1) is 0 Å². The van der Waals surface area contributed by atoms with Gasteiger partial charge in [-0.3, -0.25) is 14.4 Å². The van der Waals surface area contributed by atoms with E-state index in [1.54, 1.807) is 55.2 Å². The third kappa shape index (κ3) is 7.99. The highest BCUT2D eigenvalue weighted by Crippen LogP contribution is 2.15. The number of carbonyl (C=O) groups is 3. The molecule has 0 aliphatic rings. The number of rotatable bonds is 10. The predicted molar refractivity (Wildman–Crippen MR) is 139 cm³/mol. The molecule has 3 aromatic rings. The number of anilines is 2. The number of carbonyl (C=O) groups excluding carboxylic acids is 3. The molecule has 0 spiro atoms. The average Bonchev–Trinajstić information content (AvgIpc) is 2.86. The van der Waals surface area contributed by atoms with Crippen molar-refractivity contribution in [2.24, 2.45) is 0 Å². The number of nitrogens with zero attached hydrogens (tertiary/aromatic N) is 2. The molecular formula is C28H32N4O3. The van der Waals surface area contributed by atoms with Crippen molar-refractivity contribution < 1.29 is 14.4 Å². The lowest BCUT2D eigenvalue weighted by molar-refractivity contribution is -0.128. The highest BCUT2D eigenvalue weighted by Gasteiger charge is 2.13. The highest BCUT2D eigenvalue weighted by atomic mass is 16.2. The minimum Gasteiger partial charge on any atom is -0.376 e. The molecule has 0 saturated carbocycles. The van der Waals surface area contributed by atoms with Crippen molar-refractivity contribution in [2.75, 3.05) is 38.3 Å². The lowest BCUT2D eigenvalue weighted by Gasteiger charge is -2.18. The van der Waals surface area contributed by atoms with Gasteiger partial charge in [0.05, 0.1) is 6.54 Å². The van der Waals surface area contributed by atoms with Crippen molar-refractivity contribution in [1.29, 1.82) is 0 Å². The molecule has 182 valence electrons. The first-order valence-corrected chi connectivity index (χ1v) is 11.5. The van der Waals surface area contributed by atoms with E-state index < -0.39 is 0 Å². The summed E-state index contributed by atoms with van der Waals surface area (Å²) in [4.78, 5) is 40.4. The molecule has 0 atom stereocenters. The summed E-state index contributed by atoms with van der Waals surface area (Å²) in [6.07, 6.45) is 1.07. The van der Waals surface area contributed by atoms with Gasteiger partial charge in [-0.05, 0) is 47.9 Å². The fraction of sp³-hybridized carbons (Fsp3) is 0.250. The second-order valence-electron chi connectivity index (χ2n) is 8.62. The first-order chi connectivity index (χ1) is 16.8. The van der Waals surface area contributed by atoms with E-state index in [-0.39, 0.29) is 24.3 Å². The summed E-state index contributed by atoms with van der Waals surface area (Å²) in [6, 6.07) is 24.4. The Labute approximate surface area is 206 Å². The molecular weight excluding hydrogens is 440 g/mol. The minimum atomic E-state index is -0.222. The quantitative estimate of drug-likeness (QED) is 0.467. The molecule has 0 saturated heterocycles. The van der Waals surface area contributed by atoms with Gasteiger partial charge in [-0.1, -0.05) is 48.5 Å². The van der Waals surface area contributed by atoms with Gasteiger partial charge in [0, 0.05) is 51.0 Å². The van der Waals surface area contributed by atoms with E-state index in [0.717, 1.165) is 16.8 Å². The maximum Gasteiger partial charge on any atom is 0.253 e. The zero-order valence-corrected chi connectivity index (χ0v) is 20.5. The lowest BCUT2D eigenvalue weighted by Crippen LogP contribution is -2.26. The predicted octanol–water partition coefficient (Wildman–Crippen LogP) is 4.03. The SMILES string of the molecule is CN(C)C(=O)CCc1cccc(NCC(=O)Nc2cccc(C(=O)N(C)Cc3ccccc3)c2)c1. The van der Waals surface area contributed by atoms with Crippen LogP contribution in [-0.4, -0.2) is 55.2 Å². The van der Waals surface area contributed by atoms with Gasteiger partial charge in [0.1, 0.15) is 0 Å². The van der Waals surface area contributed by atoms with Gasteiger partial charge in [0.15, 0.2) is 0 Å². The summed E-state index contributed by atoms with van der Waals surface area (Å²) < 4.78 is 0. The molecule has 7 nitrogen and oxygen atoms in total. The molecule has 0 unspecified atom stereocenters. The van der Waals surface area contributed by atoms with Crippen molar-refractivity contribution in [3.05, 3.63) is 95.6 Å². The molecule has 0 heterocycles. The second kappa shape index (κ2) is 12.4. The molecule has 3 aromatic carbocycles. The van der Waals surface area contributed by atoms with E-state index in [1.165, 1.54) is 0 Å². The molecule has 3 amide bonds. The van der Waals surface area contributed by atoms with E-state index in [0.29, 0.717) is 30.6 Å². The van der Waals surface area contributed by atoms with Crippen LogP contribution in [-0.2, 0) is 22.6 Å². The Kier molecular flexibility index (Phi) is 9.01. The summed E-state index contributed by atoms with van der Waals surface area (Å²) in [7, 11) is 5.25. The number of nitrogens with one attached hydrogen (secondary N) is 2. The van der Waals surface area contributed by atoms with Crippen molar-refractivity contribution in [3.63, 3.8) is 0 Å². The van der Waals surface area contributed by atoms with Crippen molar-refractivity contribution >= 4 is 29.1 Å². The van der Waals surface area contributed by atoms with E-state index in [9.17, 15) is 14.4 Å². The second-order valence-corrected chi connectivity index (χ2v) is 8.62. The molecule has 0 radical (unpaired) electrons. The molecule has 0 bridgehead atoms. The summed E-state index contributed by atoms with van der Waals surface area (Å²) in [5.41, 5.74) is 3.95. The maximum absolute atomic E-state index is 12.8. The highest BCUT2D eigenvalue weighted by molar-refractivity contribution is 5.98. The Morgan fingerprint density at radius 3 is 2.20 bits per heavy atom. The van der Waals surface area contributed by atoms with E-state index >= 15 is 0 Å². The van der Waals surface area contributed by atoms with Crippen LogP contribution in [0.15, 0.2) is 78.9 Å². The van der Waals surface area contributed by atoms with Crippen molar-refractivity contribution in [3.8, 4) is 0 Å². The summed E-state index contributed by atoms with van der Waals surface area (Å²) in [5, 5.41) is 5.96. The Morgan fingerprint density at radius 2 is 1.46 bits per heavy atom. The molecule has 7 heteroatoms. The van der Waals surface area contributed by atoms with Gasteiger partial charge in [0.2, 0.25) is 11.8 Å². The zero-order chi connectivity index (χ0) is 25.2. The monoisotopic (exact) mass is 472 g/mol. The van der Waals surface area contributed by atoms with Crippen molar-refractivity contribution in [1.82, 2.24) is 9.80 Å². The molecule has 3 rings (SSSR count). The first-order valence-electron chi connectivity index (χ1n) is 11.5. The maximum atomic E-state index is 12.8. The lowest BCUT2D eigenvalue weighted by atomic mass is 10.1. The van der Waals surface area contributed by atoms with Crippen LogP contribution < -0.4 is 10.6 Å². The van der Waals surface area contributed by atoms with Gasteiger partial charge < -0.3 is 20.4 Å². The van der Waals surface area contributed by atoms with Crippen LogP contribution in [0.3, 0.4) is 0 Å². The normalized spacial score (nSPS) is 10.4. The van der Waals surface area contributed by atoms with Crippen LogP contribution in [0.1, 0.15) is 27.9 Å².